The van der Waals surface area contributed by atoms with Gasteiger partial charge in [-0.15, -0.1) is 5.10 Å². The largest absolute Gasteiger partial charge is 0.368 e. The number of hydrogen-bond donors (Lipinski definition) is 4. The van der Waals surface area contributed by atoms with Gasteiger partial charge in [-0.3, -0.25) is 0 Å². The maximum Gasteiger partial charge on any atom is 0.244 e. The lowest BCUT2D eigenvalue weighted by atomic mass is 10.6. The van der Waals surface area contributed by atoms with E-state index < -0.39 is 0 Å². The van der Waals surface area contributed by atoms with Gasteiger partial charge in [-0.1, -0.05) is 0 Å². The van der Waals surface area contributed by atoms with Crippen LogP contribution < -0.4 is 11.1 Å². The zero-order chi connectivity index (χ0) is 9.10. The Morgan fingerprint density at radius 3 is 3.08 bits per heavy atom. The highest BCUT2D eigenvalue weighted by atomic mass is 15.3. The second-order valence-corrected chi connectivity index (χ2v) is 2.43. The number of H-pyrrole nitrogens is 2. The zero-order valence-corrected chi connectivity index (χ0v) is 6.78. The van der Waals surface area contributed by atoms with Gasteiger partial charge in [0.2, 0.25) is 11.9 Å². The molecule has 7 heteroatoms. The summed E-state index contributed by atoms with van der Waals surface area (Å²) in [5.74, 6) is 1.58. The Bertz CT molecular complexity index is 362. The summed E-state index contributed by atoms with van der Waals surface area (Å²) in [6.45, 7) is 0.546. The van der Waals surface area contributed by atoms with Crippen LogP contribution >= 0.6 is 0 Å². The minimum absolute atomic E-state index is 0.293. The predicted octanol–water partition coefficient (Wildman–Crippen LogP) is -0.278. The van der Waals surface area contributed by atoms with Crippen molar-refractivity contribution in [3.05, 3.63) is 18.2 Å². The van der Waals surface area contributed by atoms with E-state index in [-0.39, 0.29) is 0 Å². The van der Waals surface area contributed by atoms with Crippen LogP contribution in [0.1, 0.15) is 5.82 Å². The maximum atomic E-state index is 5.33. The molecule has 0 saturated heterocycles. The molecule has 2 heterocycles. The number of rotatable bonds is 3. The van der Waals surface area contributed by atoms with Gasteiger partial charge in [-0.25, -0.2) is 10.1 Å². The van der Waals surface area contributed by atoms with Gasteiger partial charge in [0.05, 0.1) is 6.54 Å². The molecule has 2 aromatic rings. The van der Waals surface area contributed by atoms with Gasteiger partial charge < -0.3 is 16.0 Å². The first-order valence-electron chi connectivity index (χ1n) is 3.74. The highest BCUT2D eigenvalue weighted by Gasteiger charge is 1.99. The van der Waals surface area contributed by atoms with E-state index in [9.17, 15) is 0 Å². The molecule has 68 valence electrons. The van der Waals surface area contributed by atoms with Crippen molar-refractivity contribution in [2.24, 2.45) is 0 Å². The Hall–Kier alpha value is -2.05. The highest BCUT2D eigenvalue weighted by molar-refractivity contribution is 5.29. The predicted molar refractivity (Wildman–Crippen MR) is 46.7 cm³/mol. The van der Waals surface area contributed by atoms with E-state index in [1.807, 2.05) is 0 Å². The van der Waals surface area contributed by atoms with Gasteiger partial charge in [0.1, 0.15) is 5.82 Å². The SMILES string of the molecule is Nc1nc(NCc2ncc[nH]2)n[nH]1. The number of aromatic amines is 2. The minimum Gasteiger partial charge on any atom is -0.368 e. The molecule has 0 aliphatic rings. The van der Waals surface area contributed by atoms with Crippen LogP contribution in [0.2, 0.25) is 0 Å². The summed E-state index contributed by atoms with van der Waals surface area (Å²) >= 11 is 0. The Labute approximate surface area is 73.8 Å². The lowest BCUT2D eigenvalue weighted by molar-refractivity contribution is 0.969. The van der Waals surface area contributed by atoms with E-state index in [2.05, 4.69) is 30.5 Å². The van der Waals surface area contributed by atoms with Crippen molar-refractivity contribution in [2.75, 3.05) is 11.1 Å². The fourth-order valence-corrected chi connectivity index (χ4v) is 0.911. The number of nitrogens with zero attached hydrogens (tertiary/aromatic N) is 3. The van der Waals surface area contributed by atoms with E-state index in [0.717, 1.165) is 5.82 Å². The van der Waals surface area contributed by atoms with Gasteiger partial charge in [0.15, 0.2) is 0 Å². The van der Waals surface area contributed by atoms with Gasteiger partial charge in [-0.2, -0.15) is 4.98 Å². The first-order valence-corrected chi connectivity index (χ1v) is 3.74. The van der Waals surface area contributed by atoms with Crippen LogP contribution in [-0.4, -0.2) is 25.1 Å². The third kappa shape index (κ3) is 1.75. The minimum atomic E-state index is 0.293. The molecule has 5 N–H and O–H groups in total. The first kappa shape index (κ1) is 7.59. The molecule has 7 nitrogen and oxygen atoms in total. The summed E-state index contributed by atoms with van der Waals surface area (Å²) in [7, 11) is 0. The average Bonchev–Trinajstić information content (AvgIpc) is 2.71. The molecule has 0 aliphatic heterocycles. The Morgan fingerprint density at radius 1 is 1.54 bits per heavy atom. The third-order valence-electron chi connectivity index (χ3n) is 1.47. The van der Waals surface area contributed by atoms with E-state index in [1.165, 1.54) is 0 Å². The van der Waals surface area contributed by atoms with Crippen LogP contribution in [0, 0.1) is 0 Å². The van der Waals surface area contributed by atoms with Crippen molar-refractivity contribution in [3.63, 3.8) is 0 Å². The number of hydrogen-bond acceptors (Lipinski definition) is 5. The third-order valence-corrected chi connectivity index (χ3v) is 1.47. The molecule has 0 aliphatic carbocycles. The maximum absolute atomic E-state index is 5.33. The van der Waals surface area contributed by atoms with Crippen molar-refractivity contribution in [2.45, 2.75) is 6.54 Å². The molecule has 13 heavy (non-hydrogen) atoms. The van der Waals surface area contributed by atoms with Crippen molar-refractivity contribution in [1.29, 1.82) is 0 Å². The molecule has 2 aromatic heterocycles. The Kier molecular flexibility index (Phi) is 1.83. The number of aromatic nitrogens is 5. The summed E-state index contributed by atoms with van der Waals surface area (Å²) in [4.78, 5) is 10.8. The van der Waals surface area contributed by atoms with E-state index in [1.54, 1.807) is 12.4 Å². The van der Waals surface area contributed by atoms with Crippen LogP contribution in [0.25, 0.3) is 0 Å². The second kappa shape index (κ2) is 3.13. The topological polar surface area (TPSA) is 108 Å². The first-order chi connectivity index (χ1) is 6.34. The summed E-state index contributed by atoms with van der Waals surface area (Å²) in [6, 6.07) is 0. The number of nitrogens with two attached hydrogens (primary N) is 1. The number of imidazole rings is 1. The normalized spacial score (nSPS) is 10.2. The second-order valence-electron chi connectivity index (χ2n) is 2.43. The van der Waals surface area contributed by atoms with Gasteiger partial charge in [-0.05, 0) is 0 Å². The van der Waals surface area contributed by atoms with Crippen molar-refractivity contribution in [1.82, 2.24) is 25.1 Å². The lowest BCUT2D eigenvalue weighted by Gasteiger charge is -1.96. The molecule has 0 bridgehead atoms. The molecule has 0 atom stereocenters. The summed E-state index contributed by atoms with van der Waals surface area (Å²) < 4.78 is 0. The Balaban J connectivity index is 1.93. The van der Waals surface area contributed by atoms with Crippen molar-refractivity contribution in [3.8, 4) is 0 Å². The fraction of sp³-hybridized carbons (Fsp3) is 0.167. The Morgan fingerprint density at radius 2 is 2.46 bits per heavy atom. The van der Waals surface area contributed by atoms with Crippen molar-refractivity contribution >= 4 is 11.9 Å². The fourth-order valence-electron chi connectivity index (χ4n) is 0.911. The van der Waals surface area contributed by atoms with Crippen LogP contribution in [0.3, 0.4) is 0 Å². The summed E-state index contributed by atoms with van der Waals surface area (Å²) in [6.07, 6.45) is 3.44. The van der Waals surface area contributed by atoms with E-state index >= 15 is 0 Å². The van der Waals surface area contributed by atoms with Crippen LogP contribution in [0.15, 0.2) is 12.4 Å². The van der Waals surface area contributed by atoms with E-state index in [4.69, 9.17) is 5.73 Å². The molecular formula is C6H9N7. The molecule has 0 fully saturated rings. The average molecular weight is 179 g/mol. The molecule has 0 saturated carbocycles. The molecule has 2 rings (SSSR count). The van der Waals surface area contributed by atoms with Gasteiger partial charge in [0.25, 0.3) is 0 Å². The molecule has 0 aromatic carbocycles. The van der Waals surface area contributed by atoms with Crippen LogP contribution in [0.4, 0.5) is 11.9 Å². The quantitative estimate of drug-likeness (QED) is 0.518. The molecule has 0 amide bonds. The smallest absolute Gasteiger partial charge is 0.244 e. The van der Waals surface area contributed by atoms with Crippen molar-refractivity contribution < 1.29 is 0 Å². The molecular weight excluding hydrogens is 170 g/mol. The lowest BCUT2D eigenvalue weighted by Crippen LogP contribution is -2.02. The summed E-state index contributed by atoms with van der Waals surface area (Å²) in [5.41, 5.74) is 5.33. The van der Waals surface area contributed by atoms with Gasteiger partial charge >= 0.3 is 0 Å². The number of nitrogen functional groups attached to an aromatic ring is 1. The van der Waals surface area contributed by atoms with E-state index in [0.29, 0.717) is 18.4 Å². The summed E-state index contributed by atoms with van der Waals surface area (Å²) in [5, 5.41) is 9.26. The van der Waals surface area contributed by atoms with Gasteiger partial charge in [0, 0.05) is 12.4 Å². The number of nitrogens with one attached hydrogen (secondary N) is 3. The zero-order valence-electron chi connectivity index (χ0n) is 6.78. The monoisotopic (exact) mass is 179 g/mol. The van der Waals surface area contributed by atoms with Crippen LogP contribution in [-0.2, 0) is 6.54 Å². The molecule has 0 unspecified atom stereocenters. The highest BCUT2D eigenvalue weighted by Crippen LogP contribution is 2.00. The van der Waals surface area contributed by atoms with Crippen LogP contribution in [0.5, 0.6) is 0 Å². The molecule has 0 radical (unpaired) electrons. The molecule has 0 spiro atoms. The standard InChI is InChI=1S/C6H9N7/c7-5-11-6(13-12-5)10-3-4-8-1-2-9-4/h1-2H,3H2,(H,8,9)(H4,7,10,11,12,13). The number of anilines is 2.